The van der Waals surface area contributed by atoms with Crippen molar-refractivity contribution < 1.29 is 23.5 Å². The zero-order valence-corrected chi connectivity index (χ0v) is 12.5. The first-order chi connectivity index (χ1) is 10.9. The number of fused-ring (bicyclic) bond motifs is 2. The van der Waals surface area contributed by atoms with Gasteiger partial charge in [-0.05, 0) is 42.9 Å². The monoisotopic (exact) mass is 321 g/mol. The van der Waals surface area contributed by atoms with E-state index in [2.05, 4.69) is 5.32 Å². The summed E-state index contributed by atoms with van der Waals surface area (Å²) in [5.74, 6) is -4.76. The van der Waals surface area contributed by atoms with Gasteiger partial charge in [0, 0.05) is 0 Å². The van der Waals surface area contributed by atoms with Crippen molar-refractivity contribution in [3.05, 3.63) is 47.5 Å². The Hall–Kier alpha value is -2.24. The second-order valence-electron chi connectivity index (χ2n) is 6.24. The molecule has 5 unspecified atom stereocenters. The van der Waals surface area contributed by atoms with E-state index in [0.717, 1.165) is 12.1 Å². The summed E-state index contributed by atoms with van der Waals surface area (Å²) >= 11 is 0. The first-order valence-corrected chi connectivity index (χ1v) is 7.55. The Bertz CT molecular complexity index is 688. The van der Waals surface area contributed by atoms with Gasteiger partial charge in [0.15, 0.2) is 11.6 Å². The maximum absolute atomic E-state index is 13.3. The highest BCUT2D eigenvalue weighted by Gasteiger charge is 2.51. The Morgan fingerprint density at radius 2 is 1.83 bits per heavy atom. The first kappa shape index (κ1) is 15.6. The summed E-state index contributed by atoms with van der Waals surface area (Å²) in [5.41, 5.74) is 0.433. The lowest BCUT2D eigenvalue weighted by molar-refractivity contribution is -0.148. The molecule has 0 aromatic heterocycles. The summed E-state index contributed by atoms with van der Waals surface area (Å²) in [7, 11) is 0. The Morgan fingerprint density at radius 1 is 1.17 bits per heavy atom. The van der Waals surface area contributed by atoms with Crippen LogP contribution in [0.1, 0.15) is 24.9 Å². The van der Waals surface area contributed by atoms with Gasteiger partial charge in [0.1, 0.15) is 0 Å². The number of hydrogen-bond acceptors (Lipinski definition) is 2. The number of nitrogens with one attached hydrogen (secondary N) is 1. The second kappa shape index (κ2) is 5.76. The van der Waals surface area contributed by atoms with Crippen molar-refractivity contribution in [2.75, 3.05) is 0 Å². The van der Waals surface area contributed by atoms with Crippen molar-refractivity contribution >= 4 is 11.9 Å². The van der Waals surface area contributed by atoms with Crippen LogP contribution in [0.25, 0.3) is 0 Å². The minimum Gasteiger partial charge on any atom is -0.481 e. The predicted molar refractivity (Wildman–Crippen MR) is 78.3 cm³/mol. The van der Waals surface area contributed by atoms with E-state index in [0.29, 0.717) is 12.0 Å². The zero-order valence-electron chi connectivity index (χ0n) is 12.5. The molecule has 1 fully saturated rings. The zero-order chi connectivity index (χ0) is 16.7. The van der Waals surface area contributed by atoms with E-state index in [-0.39, 0.29) is 17.7 Å². The van der Waals surface area contributed by atoms with Crippen LogP contribution in [0.15, 0.2) is 30.4 Å². The molecule has 6 heteroatoms. The molecule has 0 aliphatic heterocycles. The van der Waals surface area contributed by atoms with Crippen LogP contribution in [0.5, 0.6) is 0 Å². The Morgan fingerprint density at radius 3 is 2.43 bits per heavy atom. The normalized spacial score (nSPS) is 29.5. The Labute approximate surface area is 132 Å². The molecule has 2 aliphatic carbocycles. The number of benzene rings is 1. The first-order valence-electron chi connectivity index (χ1n) is 7.55. The molecule has 0 saturated heterocycles. The highest BCUT2D eigenvalue weighted by Crippen LogP contribution is 2.48. The number of rotatable bonds is 4. The Kier molecular flexibility index (Phi) is 3.92. The smallest absolute Gasteiger partial charge is 0.307 e. The lowest BCUT2D eigenvalue weighted by Gasteiger charge is -2.26. The van der Waals surface area contributed by atoms with Gasteiger partial charge in [-0.25, -0.2) is 8.78 Å². The van der Waals surface area contributed by atoms with Gasteiger partial charge in [0.05, 0.1) is 17.9 Å². The molecule has 2 bridgehead atoms. The molecule has 1 aromatic rings. The molecule has 1 saturated carbocycles. The van der Waals surface area contributed by atoms with E-state index < -0.39 is 35.5 Å². The van der Waals surface area contributed by atoms with Crippen LogP contribution in [0, 0.1) is 35.3 Å². The number of hydrogen-bond donors (Lipinski definition) is 2. The summed E-state index contributed by atoms with van der Waals surface area (Å²) in [6.45, 7) is 1.66. The SMILES string of the molecule is CC(NC(=O)C1C2C=CC(C2)C1C(=O)O)c1ccc(F)c(F)c1. The molecule has 1 aromatic carbocycles. The third-order valence-electron chi connectivity index (χ3n) is 4.85. The quantitative estimate of drug-likeness (QED) is 0.838. The summed E-state index contributed by atoms with van der Waals surface area (Å²) in [6, 6.07) is 2.91. The molecule has 4 nitrogen and oxygen atoms in total. The fourth-order valence-corrected chi connectivity index (χ4v) is 3.69. The van der Waals surface area contributed by atoms with Gasteiger partial charge in [0.2, 0.25) is 5.91 Å². The van der Waals surface area contributed by atoms with Crippen molar-refractivity contribution in [2.45, 2.75) is 19.4 Å². The minimum absolute atomic E-state index is 0.0711. The highest BCUT2D eigenvalue weighted by atomic mass is 19.2. The number of aliphatic carboxylic acids is 1. The van der Waals surface area contributed by atoms with Crippen molar-refractivity contribution in [1.29, 1.82) is 0 Å². The van der Waals surface area contributed by atoms with E-state index in [1.807, 2.05) is 12.2 Å². The third kappa shape index (κ3) is 2.73. The number of carbonyl (C=O) groups excluding carboxylic acids is 1. The highest BCUT2D eigenvalue weighted by molar-refractivity contribution is 5.87. The van der Waals surface area contributed by atoms with Crippen molar-refractivity contribution in [3.63, 3.8) is 0 Å². The molecule has 2 N–H and O–H groups in total. The Balaban J connectivity index is 1.74. The minimum atomic E-state index is -0.977. The predicted octanol–water partition coefficient (Wildman–Crippen LogP) is 2.66. The van der Waals surface area contributed by atoms with Gasteiger partial charge < -0.3 is 10.4 Å². The van der Waals surface area contributed by atoms with Gasteiger partial charge in [-0.2, -0.15) is 0 Å². The van der Waals surface area contributed by atoms with Crippen LogP contribution in [-0.2, 0) is 9.59 Å². The number of amides is 1. The van der Waals surface area contributed by atoms with Crippen LogP contribution in [0.2, 0.25) is 0 Å². The van der Waals surface area contributed by atoms with Gasteiger partial charge in [-0.3, -0.25) is 9.59 Å². The van der Waals surface area contributed by atoms with Gasteiger partial charge in [-0.1, -0.05) is 18.2 Å². The summed E-state index contributed by atoms with van der Waals surface area (Å²) in [4.78, 5) is 23.9. The topological polar surface area (TPSA) is 66.4 Å². The number of carbonyl (C=O) groups is 2. The maximum atomic E-state index is 13.3. The van der Waals surface area contributed by atoms with E-state index in [4.69, 9.17) is 0 Å². The van der Waals surface area contributed by atoms with Crippen molar-refractivity contribution in [1.82, 2.24) is 5.32 Å². The lowest BCUT2D eigenvalue weighted by Crippen LogP contribution is -2.41. The van der Waals surface area contributed by atoms with Gasteiger partial charge in [0.25, 0.3) is 0 Å². The third-order valence-corrected chi connectivity index (χ3v) is 4.85. The molecule has 0 radical (unpaired) electrons. The summed E-state index contributed by atoms with van der Waals surface area (Å²) in [6.07, 6.45) is 4.44. The number of carboxylic acids is 1. The van der Waals surface area contributed by atoms with Gasteiger partial charge in [-0.15, -0.1) is 0 Å². The number of halogens is 2. The molecule has 122 valence electrons. The standard InChI is InChI=1S/C17H17F2NO3/c1-8(9-4-5-12(18)13(19)7-9)20-16(21)14-10-2-3-11(6-10)15(14)17(22)23/h2-5,7-8,10-11,14-15H,6H2,1H3,(H,20,21)(H,22,23). The molecule has 2 aliphatic rings. The molecule has 3 rings (SSSR count). The average Bonchev–Trinajstić information content (AvgIpc) is 3.10. The molecular weight excluding hydrogens is 304 g/mol. The van der Waals surface area contributed by atoms with E-state index in [1.165, 1.54) is 6.07 Å². The molecule has 1 amide bonds. The average molecular weight is 321 g/mol. The lowest BCUT2D eigenvalue weighted by atomic mass is 9.82. The largest absolute Gasteiger partial charge is 0.481 e. The fourth-order valence-electron chi connectivity index (χ4n) is 3.69. The van der Waals surface area contributed by atoms with E-state index in [1.54, 1.807) is 6.92 Å². The van der Waals surface area contributed by atoms with Crippen LogP contribution in [0.4, 0.5) is 8.78 Å². The van der Waals surface area contributed by atoms with Crippen LogP contribution >= 0.6 is 0 Å². The molecular formula is C17H17F2NO3. The van der Waals surface area contributed by atoms with Crippen LogP contribution < -0.4 is 5.32 Å². The summed E-state index contributed by atoms with van der Waals surface area (Å²) < 4.78 is 26.3. The molecule has 23 heavy (non-hydrogen) atoms. The van der Waals surface area contributed by atoms with Crippen molar-refractivity contribution in [2.24, 2.45) is 23.7 Å². The van der Waals surface area contributed by atoms with E-state index in [9.17, 15) is 23.5 Å². The second-order valence-corrected chi connectivity index (χ2v) is 6.24. The molecule has 5 atom stereocenters. The molecule has 0 spiro atoms. The van der Waals surface area contributed by atoms with Crippen molar-refractivity contribution in [3.8, 4) is 0 Å². The fraction of sp³-hybridized carbons (Fsp3) is 0.412. The van der Waals surface area contributed by atoms with Crippen LogP contribution in [-0.4, -0.2) is 17.0 Å². The molecule has 0 heterocycles. The van der Waals surface area contributed by atoms with Crippen LogP contribution in [0.3, 0.4) is 0 Å². The summed E-state index contributed by atoms with van der Waals surface area (Å²) in [5, 5.41) is 12.1. The maximum Gasteiger partial charge on any atom is 0.307 e. The van der Waals surface area contributed by atoms with Gasteiger partial charge >= 0.3 is 5.97 Å². The number of allylic oxidation sites excluding steroid dienone is 2. The van der Waals surface area contributed by atoms with E-state index >= 15 is 0 Å². The number of carboxylic acid groups (broad SMARTS) is 1.